The maximum atomic E-state index is 10.0. The first-order chi connectivity index (χ1) is 11.2. The van der Waals surface area contributed by atoms with Crippen LogP contribution in [-0.2, 0) is 6.42 Å². The van der Waals surface area contributed by atoms with Gasteiger partial charge in [-0.2, -0.15) is 0 Å². The molecule has 0 bridgehead atoms. The number of phenolic OH excluding ortho intramolecular Hbond substituents is 1. The summed E-state index contributed by atoms with van der Waals surface area (Å²) in [5.41, 5.74) is 4.20. The molecule has 1 atom stereocenters. The number of nitrogens with one attached hydrogen (secondary N) is 1. The van der Waals surface area contributed by atoms with Gasteiger partial charge in [-0.1, -0.05) is 12.1 Å². The highest BCUT2D eigenvalue weighted by molar-refractivity contribution is 5.86. The standard InChI is InChI=1S/C17H18N4O2/c1-21-7-6-12-16(14(21)9-22)11-8-13(19-20-17(11)18-12)10-4-2-3-5-15(10)23/h2-5,8,14,22-23H,6-7,9H2,1H3,(H,18,20). The molecule has 1 aliphatic heterocycles. The van der Waals surface area contributed by atoms with Gasteiger partial charge in [0.05, 0.1) is 18.3 Å². The normalized spacial score (nSPS) is 18.3. The number of hydrogen-bond acceptors (Lipinski definition) is 5. The van der Waals surface area contributed by atoms with Crippen molar-refractivity contribution in [2.24, 2.45) is 0 Å². The van der Waals surface area contributed by atoms with E-state index in [1.54, 1.807) is 12.1 Å². The molecule has 0 radical (unpaired) electrons. The van der Waals surface area contributed by atoms with E-state index in [2.05, 4.69) is 20.1 Å². The third-order valence-electron chi connectivity index (χ3n) is 4.61. The molecule has 23 heavy (non-hydrogen) atoms. The van der Waals surface area contributed by atoms with Crippen LogP contribution >= 0.6 is 0 Å². The minimum absolute atomic E-state index is 0.0473. The number of aliphatic hydroxyl groups excluding tert-OH is 1. The number of benzene rings is 1. The van der Waals surface area contributed by atoms with Crippen LogP contribution in [0.15, 0.2) is 30.3 Å². The SMILES string of the molecule is CN1CCc2[nH]c3nnc(-c4ccccc4O)cc3c2C1CO. The Morgan fingerprint density at radius 2 is 2.13 bits per heavy atom. The van der Waals surface area contributed by atoms with Crippen LogP contribution in [0.25, 0.3) is 22.3 Å². The van der Waals surface area contributed by atoms with Crippen molar-refractivity contribution in [1.29, 1.82) is 0 Å². The van der Waals surface area contributed by atoms with Gasteiger partial charge < -0.3 is 15.2 Å². The highest BCUT2D eigenvalue weighted by Crippen LogP contribution is 2.36. The van der Waals surface area contributed by atoms with Gasteiger partial charge in [0.1, 0.15) is 5.75 Å². The van der Waals surface area contributed by atoms with Gasteiger partial charge in [0.25, 0.3) is 0 Å². The number of hydrogen-bond donors (Lipinski definition) is 3. The van der Waals surface area contributed by atoms with Crippen LogP contribution in [0.4, 0.5) is 0 Å². The lowest BCUT2D eigenvalue weighted by molar-refractivity contribution is 0.140. The maximum Gasteiger partial charge on any atom is 0.160 e. The first-order valence-electron chi connectivity index (χ1n) is 7.66. The minimum Gasteiger partial charge on any atom is -0.507 e. The van der Waals surface area contributed by atoms with Crippen molar-refractivity contribution in [3.05, 3.63) is 41.6 Å². The van der Waals surface area contributed by atoms with Gasteiger partial charge in [0.15, 0.2) is 5.65 Å². The zero-order valence-electron chi connectivity index (χ0n) is 12.8. The predicted molar refractivity (Wildman–Crippen MR) is 87.2 cm³/mol. The topological polar surface area (TPSA) is 85.3 Å². The largest absolute Gasteiger partial charge is 0.507 e. The van der Waals surface area contributed by atoms with E-state index >= 15 is 0 Å². The van der Waals surface area contributed by atoms with E-state index in [1.165, 1.54) is 0 Å². The smallest absolute Gasteiger partial charge is 0.160 e. The molecule has 6 heteroatoms. The van der Waals surface area contributed by atoms with E-state index in [4.69, 9.17) is 0 Å². The fraction of sp³-hybridized carbons (Fsp3) is 0.294. The molecule has 3 N–H and O–H groups in total. The summed E-state index contributed by atoms with van der Waals surface area (Å²) in [6.07, 6.45) is 0.893. The maximum absolute atomic E-state index is 10.0. The minimum atomic E-state index is -0.0473. The van der Waals surface area contributed by atoms with Crippen LogP contribution in [0.3, 0.4) is 0 Å². The number of aromatic nitrogens is 3. The lowest BCUT2D eigenvalue weighted by Crippen LogP contribution is -2.33. The number of nitrogens with zero attached hydrogens (tertiary/aromatic N) is 3. The van der Waals surface area contributed by atoms with Crippen molar-refractivity contribution in [2.45, 2.75) is 12.5 Å². The molecular weight excluding hydrogens is 292 g/mol. The fourth-order valence-electron chi connectivity index (χ4n) is 3.36. The average molecular weight is 310 g/mol. The summed E-state index contributed by atoms with van der Waals surface area (Å²) in [7, 11) is 2.02. The third kappa shape index (κ3) is 2.18. The van der Waals surface area contributed by atoms with E-state index in [0.29, 0.717) is 11.3 Å². The zero-order valence-corrected chi connectivity index (χ0v) is 12.8. The highest BCUT2D eigenvalue weighted by Gasteiger charge is 2.28. The number of aliphatic hydroxyl groups is 1. The number of phenols is 1. The second-order valence-electron chi connectivity index (χ2n) is 5.96. The van der Waals surface area contributed by atoms with E-state index < -0.39 is 0 Å². The number of aromatic amines is 1. The molecule has 1 aromatic carbocycles. The molecule has 0 saturated heterocycles. The van der Waals surface area contributed by atoms with Crippen molar-refractivity contribution in [3.63, 3.8) is 0 Å². The first kappa shape index (κ1) is 14.2. The highest BCUT2D eigenvalue weighted by atomic mass is 16.3. The summed E-state index contributed by atoms with van der Waals surface area (Å²) >= 11 is 0. The van der Waals surface area contributed by atoms with Crippen molar-refractivity contribution in [1.82, 2.24) is 20.1 Å². The van der Waals surface area contributed by atoms with Gasteiger partial charge in [-0.15, -0.1) is 10.2 Å². The van der Waals surface area contributed by atoms with Crippen molar-refractivity contribution < 1.29 is 10.2 Å². The Bertz CT molecular complexity index is 874. The Labute approximate surface area is 133 Å². The summed E-state index contributed by atoms with van der Waals surface area (Å²) in [6.45, 7) is 0.954. The molecule has 118 valence electrons. The molecule has 0 spiro atoms. The summed E-state index contributed by atoms with van der Waals surface area (Å²) in [6, 6.07) is 8.98. The molecule has 0 saturated carbocycles. The van der Waals surface area contributed by atoms with Crippen molar-refractivity contribution in [3.8, 4) is 17.0 Å². The Morgan fingerprint density at radius 1 is 1.30 bits per heavy atom. The number of aromatic hydroxyl groups is 1. The summed E-state index contributed by atoms with van der Waals surface area (Å²) in [5, 5.41) is 29.3. The van der Waals surface area contributed by atoms with Gasteiger partial charge in [0.2, 0.25) is 0 Å². The predicted octanol–water partition coefficient (Wildman–Crippen LogP) is 1.85. The molecule has 1 aliphatic rings. The first-order valence-corrected chi connectivity index (χ1v) is 7.66. The molecule has 2 aromatic heterocycles. The summed E-state index contributed by atoms with van der Waals surface area (Å²) in [5.74, 6) is 0.182. The third-order valence-corrected chi connectivity index (χ3v) is 4.61. The van der Waals surface area contributed by atoms with Crippen LogP contribution in [0.2, 0.25) is 0 Å². The molecule has 6 nitrogen and oxygen atoms in total. The summed E-state index contributed by atoms with van der Waals surface area (Å²) in [4.78, 5) is 5.47. The number of para-hydroxylation sites is 1. The number of H-pyrrole nitrogens is 1. The molecule has 4 rings (SSSR count). The Morgan fingerprint density at radius 3 is 2.91 bits per heavy atom. The second kappa shape index (κ2) is 5.33. The molecule has 0 amide bonds. The van der Waals surface area contributed by atoms with E-state index in [0.717, 1.165) is 35.3 Å². The Balaban J connectivity index is 1.92. The molecule has 3 heterocycles. The fourth-order valence-corrected chi connectivity index (χ4v) is 3.36. The molecule has 0 fully saturated rings. The van der Waals surface area contributed by atoms with Crippen molar-refractivity contribution in [2.75, 3.05) is 20.2 Å². The van der Waals surface area contributed by atoms with Gasteiger partial charge in [-0.3, -0.25) is 4.90 Å². The Kier molecular flexibility index (Phi) is 3.28. The van der Waals surface area contributed by atoms with E-state index in [9.17, 15) is 10.2 Å². The van der Waals surface area contributed by atoms with Crippen LogP contribution < -0.4 is 0 Å². The van der Waals surface area contributed by atoms with Crippen LogP contribution in [0.5, 0.6) is 5.75 Å². The quantitative estimate of drug-likeness (QED) is 0.672. The van der Waals surface area contributed by atoms with Gasteiger partial charge in [-0.25, -0.2) is 0 Å². The van der Waals surface area contributed by atoms with Crippen LogP contribution in [0.1, 0.15) is 17.3 Å². The van der Waals surface area contributed by atoms with E-state index in [-0.39, 0.29) is 18.4 Å². The van der Waals surface area contributed by atoms with E-state index in [1.807, 2.05) is 25.2 Å². The monoisotopic (exact) mass is 310 g/mol. The van der Waals surface area contributed by atoms with Gasteiger partial charge >= 0.3 is 0 Å². The zero-order chi connectivity index (χ0) is 16.0. The molecule has 1 unspecified atom stereocenters. The second-order valence-corrected chi connectivity index (χ2v) is 5.96. The average Bonchev–Trinajstić information content (AvgIpc) is 2.93. The Hall–Kier alpha value is -2.44. The lowest BCUT2D eigenvalue weighted by Gasteiger charge is -2.31. The number of likely N-dealkylation sites (N-methyl/N-ethyl adjacent to an activating group) is 1. The lowest BCUT2D eigenvalue weighted by atomic mass is 9.97. The molecular formula is C17H18N4O2. The molecule has 3 aromatic rings. The van der Waals surface area contributed by atoms with Crippen molar-refractivity contribution >= 4 is 11.0 Å². The van der Waals surface area contributed by atoms with Gasteiger partial charge in [0, 0.05) is 35.2 Å². The van der Waals surface area contributed by atoms with Crippen LogP contribution in [-0.4, -0.2) is 50.5 Å². The summed E-state index contributed by atoms with van der Waals surface area (Å²) < 4.78 is 0. The van der Waals surface area contributed by atoms with Crippen LogP contribution in [0, 0.1) is 0 Å². The number of fused-ring (bicyclic) bond motifs is 3. The molecule has 0 aliphatic carbocycles. The van der Waals surface area contributed by atoms with Gasteiger partial charge in [-0.05, 0) is 25.2 Å². The number of rotatable bonds is 2.